The summed E-state index contributed by atoms with van der Waals surface area (Å²) in [5.74, 6) is -0.278. The number of methoxy groups -OCH3 is 1. The van der Waals surface area contributed by atoms with Crippen LogP contribution < -0.4 is 5.32 Å². The van der Waals surface area contributed by atoms with Crippen LogP contribution in [0.25, 0.3) is 0 Å². The van der Waals surface area contributed by atoms with Crippen molar-refractivity contribution in [3.63, 3.8) is 0 Å². The average molecular weight is 272 g/mol. The molecule has 0 spiro atoms. The Morgan fingerprint density at radius 1 is 1.39 bits per heavy atom. The first-order valence-corrected chi connectivity index (χ1v) is 6.66. The Kier molecular flexibility index (Phi) is 4.60. The van der Waals surface area contributed by atoms with E-state index in [1.807, 2.05) is 0 Å². The van der Waals surface area contributed by atoms with Crippen LogP contribution in [0.3, 0.4) is 0 Å². The summed E-state index contributed by atoms with van der Waals surface area (Å²) in [5.41, 5.74) is 1.30. The van der Waals surface area contributed by atoms with Gasteiger partial charge in [-0.3, -0.25) is 0 Å². The Labute approximate surface area is 112 Å². The zero-order valence-electron chi connectivity index (χ0n) is 10.6. The second kappa shape index (κ2) is 6.00. The smallest absolute Gasteiger partial charge is 0.125 e. The van der Waals surface area contributed by atoms with Gasteiger partial charge in [0.05, 0.1) is 0 Å². The van der Waals surface area contributed by atoms with Crippen molar-refractivity contribution in [3.8, 4) is 0 Å². The lowest BCUT2D eigenvalue weighted by Crippen LogP contribution is -2.24. The normalized spacial score (nSPS) is 16.8. The van der Waals surface area contributed by atoms with Gasteiger partial charge in [-0.05, 0) is 48.4 Å². The number of hydrogen-bond donors (Lipinski definition) is 1. The van der Waals surface area contributed by atoms with Crippen molar-refractivity contribution in [3.05, 3.63) is 34.6 Å². The molecular weight excluding hydrogens is 253 g/mol. The van der Waals surface area contributed by atoms with Crippen molar-refractivity contribution in [1.82, 2.24) is 5.32 Å². The molecule has 1 aliphatic rings. The highest BCUT2D eigenvalue weighted by Gasteiger charge is 2.41. The molecule has 18 heavy (non-hydrogen) atoms. The highest BCUT2D eigenvalue weighted by Crippen LogP contribution is 2.48. The SMILES string of the molecule is COCCC1(CNCc2cc(F)cc(Cl)c2)CC1. The Morgan fingerprint density at radius 3 is 2.78 bits per heavy atom. The molecule has 1 aliphatic carbocycles. The molecule has 1 saturated carbocycles. The molecule has 0 saturated heterocycles. The molecule has 0 radical (unpaired) electrons. The molecule has 0 amide bonds. The molecule has 0 bridgehead atoms. The molecule has 1 fully saturated rings. The summed E-state index contributed by atoms with van der Waals surface area (Å²) in [7, 11) is 1.73. The third-order valence-electron chi connectivity index (χ3n) is 3.55. The van der Waals surface area contributed by atoms with Crippen LogP contribution in [-0.2, 0) is 11.3 Å². The zero-order valence-corrected chi connectivity index (χ0v) is 11.4. The first kappa shape index (κ1) is 13.8. The minimum atomic E-state index is -0.278. The maximum atomic E-state index is 13.1. The number of nitrogens with one attached hydrogen (secondary N) is 1. The van der Waals surface area contributed by atoms with E-state index in [4.69, 9.17) is 16.3 Å². The summed E-state index contributed by atoms with van der Waals surface area (Å²) in [5, 5.41) is 3.84. The summed E-state index contributed by atoms with van der Waals surface area (Å²) in [6, 6.07) is 4.64. The molecule has 2 nitrogen and oxygen atoms in total. The van der Waals surface area contributed by atoms with Gasteiger partial charge in [0.25, 0.3) is 0 Å². The number of ether oxygens (including phenoxy) is 1. The van der Waals surface area contributed by atoms with Gasteiger partial charge < -0.3 is 10.1 Å². The predicted molar refractivity (Wildman–Crippen MR) is 71.3 cm³/mol. The summed E-state index contributed by atoms with van der Waals surface area (Å²) >= 11 is 5.82. The largest absolute Gasteiger partial charge is 0.385 e. The van der Waals surface area contributed by atoms with Gasteiger partial charge >= 0.3 is 0 Å². The Balaban J connectivity index is 1.78. The molecule has 0 aromatic heterocycles. The van der Waals surface area contributed by atoms with E-state index in [2.05, 4.69) is 5.32 Å². The molecule has 0 atom stereocenters. The number of rotatable bonds is 7. The lowest BCUT2D eigenvalue weighted by atomic mass is 10.0. The number of halogens is 2. The van der Waals surface area contributed by atoms with E-state index in [0.29, 0.717) is 17.0 Å². The van der Waals surface area contributed by atoms with Gasteiger partial charge in [0.15, 0.2) is 0 Å². The molecule has 0 heterocycles. The van der Waals surface area contributed by atoms with E-state index >= 15 is 0 Å². The summed E-state index contributed by atoms with van der Waals surface area (Å²) in [6.07, 6.45) is 3.61. The fraction of sp³-hybridized carbons (Fsp3) is 0.571. The van der Waals surface area contributed by atoms with Crippen molar-refractivity contribution in [2.75, 3.05) is 20.3 Å². The van der Waals surface area contributed by atoms with E-state index in [0.717, 1.165) is 25.1 Å². The van der Waals surface area contributed by atoms with Gasteiger partial charge in [-0.15, -0.1) is 0 Å². The molecule has 0 aliphatic heterocycles. The number of hydrogen-bond acceptors (Lipinski definition) is 2. The van der Waals surface area contributed by atoms with Crippen LogP contribution in [0.4, 0.5) is 4.39 Å². The second-order valence-electron chi connectivity index (χ2n) is 5.12. The molecule has 1 N–H and O–H groups in total. The maximum Gasteiger partial charge on any atom is 0.125 e. The van der Waals surface area contributed by atoms with Gasteiger partial charge in [0.1, 0.15) is 5.82 Å². The highest BCUT2D eigenvalue weighted by atomic mass is 35.5. The minimum absolute atomic E-state index is 0.278. The third-order valence-corrected chi connectivity index (χ3v) is 3.76. The molecule has 0 unspecified atom stereocenters. The van der Waals surface area contributed by atoms with Crippen LogP contribution in [0.5, 0.6) is 0 Å². The summed E-state index contributed by atoms with van der Waals surface area (Å²) < 4.78 is 18.3. The van der Waals surface area contributed by atoms with Crippen LogP contribution in [0.15, 0.2) is 18.2 Å². The topological polar surface area (TPSA) is 21.3 Å². The molecule has 1 aromatic rings. The minimum Gasteiger partial charge on any atom is -0.385 e. The van der Waals surface area contributed by atoms with Crippen LogP contribution >= 0.6 is 11.6 Å². The van der Waals surface area contributed by atoms with Crippen LogP contribution in [0, 0.1) is 11.2 Å². The Bertz CT molecular complexity index is 387. The average Bonchev–Trinajstić information content (AvgIpc) is 3.06. The van der Waals surface area contributed by atoms with Crippen molar-refractivity contribution in [1.29, 1.82) is 0 Å². The quantitative estimate of drug-likeness (QED) is 0.821. The monoisotopic (exact) mass is 271 g/mol. The second-order valence-corrected chi connectivity index (χ2v) is 5.56. The van der Waals surface area contributed by atoms with E-state index in [9.17, 15) is 4.39 Å². The van der Waals surface area contributed by atoms with Crippen molar-refractivity contribution < 1.29 is 9.13 Å². The molecule has 2 rings (SSSR count). The molecule has 4 heteroatoms. The molecule has 1 aromatic carbocycles. The van der Waals surface area contributed by atoms with Gasteiger partial charge in [-0.1, -0.05) is 11.6 Å². The van der Waals surface area contributed by atoms with Crippen LogP contribution in [0.2, 0.25) is 5.02 Å². The Morgan fingerprint density at radius 2 is 2.17 bits per heavy atom. The lowest BCUT2D eigenvalue weighted by molar-refractivity contribution is 0.171. The lowest BCUT2D eigenvalue weighted by Gasteiger charge is -2.15. The fourth-order valence-electron chi connectivity index (χ4n) is 2.20. The maximum absolute atomic E-state index is 13.1. The van der Waals surface area contributed by atoms with Crippen LogP contribution in [0.1, 0.15) is 24.8 Å². The van der Waals surface area contributed by atoms with Crippen molar-refractivity contribution in [2.24, 2.45) is 5.41 Å². The van der Waals surface area contributed by atoms with E-state index in [1.54, 1.807) is 13.2 Å². The van der Waals surface area contributed by atoms with Crippen LogP contribution in [-0.4, -0.2) is 20.3 Å². The first-order chi connectivity index (χ1) is 8.63. The van der Waals surface area contributed by atoms with Gasteiger partial charge in [0, 0.05) is 31.8 Å². The van der Waals surface area contributed by atoms with Gasteiger partial charge in [-0.25, -0.2) is 4.39 Å². The summed E-state index contributed by atoms with van der Waals surface area (Å²) in [6.45, 7) is 2.43. The predicted octanol–water partition coefficient (Wildman–Crippen LogP) is 3.39. The number of benzene rings is 1. The summed E-state index contributed by atoms with van der Waals surface area (Å²) in [4.78, 5) is 0. The van der Waals surface area contributed by atoms with E-state index in [-0.39, 0.29) is 5.82 Å². The standard InChI is InChI=1S/C14H19ClFNO/c1-18-5-4-14(2-3-14)10-17-9-11-6-12(15)8-13(16)7-11/h6-8,17H,2-5,9-10H2,1H3. The van der Waals surface area contributed by atoms with Gasteiger partial charge in [-0.2, -0.15) is 0 Å². The van der Waals surface area contributed by atoms with E-state index < -0.39 is 0 Å². The van der Waals surface area contributed by atoms with E-state index in [1.165, 1.54) is 25.0 Å². The third kappa shape index (κ3) is 3.94. The highest BCUT2D eigenvalue weighted by molar-refractivity contribution is 6.30. The van der Waals surface area contributed by atoms with Crippen molar-refractivity contribution in [2.45, 2.75) is 25.8 Å². The fourth-order valence-corrected chi connectivity index (χ4v) is 2.44. The molecule has 100 valence electrons. The van der Waals surface area contributed by atoms with Crippen molar-refractivity contribution >= 4 is 11.6 Å². The Hall–Kier alpha value is -0.640. The van der Waals surface area contributed by atoms with Gasteiger partial charge in [0.2, 0.25) is 0 Å². The molecular formula is C14H19ClFNO. The zero-order chi connectivity index (χ0) is 13.0. The first-order valence-electron chi connectivity index (χ1n) is 6.28.